The number of halogens is 1. The molecular formula is C12H11FN4. The van der Waals surface area contributed by atoms with E-state index in [2.05, 4.69) is 10.1 Å². The molecular weight excluding hydrogens is 219 g/mol. The second-order valence-electron chi connectivity index (χ2n) is 3.70. The summed E-state index contributed by atoms with van der Waals surface area (Å²) in [6.07, 6.45) is 3.37. The van der Waals surface area contributed by atoms with Gasteiger partial charge in [0.05, 0.1) is 0 Å². The van der Waals surface area contributed by atoms with Gasteiger partial charge in [0.15, 0.2) is 5.65 Å². The molecule has 3 aromatic rings. The highest BCUT2D eigenvalue weighted by molar-refractivity contribution is 5.74. The largest absolute Gasteiger partial charge is 0.399 e. The van der Waals surface area contributed by atoms with E-state index in [1.54, 1.807) is 18.5 Å². The summed E-state index contributed by atoms with van der Waals surface area (Å²) >= 11 is 0. The normalized spacial score (nSPS) is 10.9. The van der Waals surface area contributed by atoms with E-state index in [-0.39, 0.29) is 7.24 Å². The molecule has 1 aromatic carbocycles. The minimum atomic E-state index is -0.369. The summed E-state index contributed by atoms with van der Waals surface area (Å²) in [5.74, 6) is -0.369. The van der Waals surface area contributed by atoms with Gasteiger partial charge in [-0.25, -0.2) is 14.1 Å². The third kappa shape index (κ3) is 1.61. The van der Waals surface area contributed by atoms with Gasteiger partial charge in [0.25, 0.3) is 0 Å². The fourth-order valence-electron chi connectivity index (χ4n) is 1.69. The molecule has 0 fully saturated rings. The van der Waals surface area contributed by atoms with Crippen molar-refractivity contribution in [2.45, 2.75) is 0 Å². The van der Waals surface area contributed by atoms with Crippen LogP contribution in [0.25, 0.3) is 16.7 Å². The molecule has 0 aliphatic rings. The van der Waals surface area contributed by atoms with Gasteiger partial charge in [-0.1, -0.05) is 0 Å². The molecule has 2 N–H and O–H groups in total. The Hall–Kier alpha value is -2.43. The lowest BCUT2D eigenvalue weighted by Crippen LogP contribution is -1.99. The van der Waals surface area contributed by atoms with E-state index in [4.69, 9.17) is 5.73 Å². The lowest BCUT2D eigenvalue weighted by Gasteiger charge is -2.03. The lowest BCUT2D eigenvalue weighted by molar-refractivity contribution is 0.612. The molecule has 0 aliphatic carbocycles. The molecule has 5 heteroatoms. The molecule has 2 heterocycles. The number of nitrogen functional groups attached to an aromatic ring is 1. The number of benzene rings is 1. The first-order chi connectivity index (χ1) is 8.24. The zero-order chi connectivity index (χ0) is 11.8. The van der Waals surface area contributed by atoms with Gasteiger partial charge in [-0.05, 0) is 30.3 Å². The van der Waals surface area contributed by atoms with Crippen molar-refractivity contribution < 1.29 is 5.82 Å². The number of nitrogens with zero attached hydrogens (tertiary/aromatic N) is 3. The van der Waals surface area contributed by atoms with E-state index >= 15 is 0 Å². The number of aromatic nitrogens is 3. The van der Waals surface area contributed by atoms with E-state index in [0.717, 1.165) is 5.39 Å². The third-order valence-corrected chi connectivity index (χ3v) is 2.50. The van der Waals surface area contributed by atoms with Crippen molar-refractivity contribution in [1.82, 2.24) is 14.8 Å². The average molecular weight is 230 g/mol. The summed E-state index contributed by atoms with van der Waals surface area (Å²) in [7, 11) is 0. The van der Waals surface area contributed by atoms with Gasteiger partial charge >= 0.3 is 0 Å². The predicted molar refractivity (Wildman–Crippen MR) is 65.3 cm³/mol. The SMILES string of the molecule is Nc1ccc(F)c(-n2cc3cccnc3n2)c1.[HH]. The summed E-state index contributed by atoms with van der Waals surface area (Å²) in [5, 5.41) is 5.05. The maximum absolute atomic E-state index is 13.6. The van der Waals surface area contributed by atoms with Gasteiger partial charge < -0.3 is 5.73 Å². The van der Waals surface area contributed by atoms with Crippen LogP contribution in [0.1, 0.15) is 1.43 Å². The Kier molecular flexibility index (Phi) is 2.04. The highest BCUT2D eigenvalue weighted by Crippen LogP contribution is 2.18. The number of rotatable bonds is 1. The monoisotopic (exact) mass is 230 g/mol. The van der Waals surface area contributed by atoms with Crippen molar-refractivity contribution in [3.8, 4) is 5.69 Å². The summed E-state index contributed by atoms with van der Waals surface area (Å²) in [6, 6.07) is 8.06. The van der Waals surface area contributed by atoms with Gasteiger partial charge in [-0.15, -0.1) is 5.10 Å². The van der Waals surface area contributed by atoms with Gasteiger partial charge in [0.2, 0.25) is 0 Å². The highest BCUT2D eigenvalue weighted by Gasteiger charge is 2.08. The maximum Gasteiger partial charge on any atom is 0.181 e. The van der Waals surface area contributed by atoms with Crippen LogP contribution in [0.5, 0.6) is 0 Å². The molecule has 2 aromatic heterocycles. The molecule has 0 atom stereocenters. The van der Waals surface area contributed by atoms with Crippen LogP contribution in [0, 0.1) is 5.82 Å². The number of hydrogen-bond acceptors (Lipinski definition) is 3. The maximum atomic E-state index is 13.6. The van der Waals surface area contributed by atoms with Crippen LogP contribution < -0.4 is 5.73 Å². The van der Waals surface area contributed by atoms with Crippen LogP contribution in [0.3, 0.4) is 0 Å². The van der Waals surface area contributed by atoms with Gasteiger partial charge in [-0.3, -0.25) is 0 Å². The fraction of sp³-hybridized carbons (Fsp3) is 0. The smallest absolute Gasteiger partial charge is 0.181 e. The van der Waals surface area contributed by atoms with Crippen molar-refractivity contribution in [2.24, 2.45) is 0 Å². The fourth-order valence-corrected chi connectivity index (χ4v) is 1.69. The minimum absolute atomic E-state index is 0. The lowest BCUT2D eigenvalue weighted by atomic mass is 10.2. The molecule has 3 rings (SSSR count). The summed E-state index contributed by atoms with van der Waals surface area (Å²) in [5.41, 5.74) is 7.03. The molecule has 0 bridgehead atoms. The number of anilines is 1. The first kappa shape index (κ1) is 9.77. The summed E-state index contributed by atoms with van der Waals surface area (Å²) < 4.78 is 15.1. The molecule has 0 spiro atoms. The van der Waals surface area contributed by atoms with Crippen molar-refractivity contribution >= 4 is 16.7 Å². The molecule has 0 radical (unpaired) electrons. The number of fused-ring (bicyclic) bond motifs is 1. The molecule has 0 saturated carbocycles. The van der Waals surface area contributed by atoms with E-state index < -0.39 is 0 Å². The molecule has 4 nitrogen and oxygen atoms in total. The van der Waals surface area contributed by atoms with Crippen LogP contribution >= 0.6 is 0 Å². The van der Waals surface area contributed by atoms with E-state index in [0.29, 0.717) is 17.0 Å². The first-order valence-corrected chi connectivity index (χ1v) is 5.10. The minimum Gasteiger partial charge on any atom is -0.399 e. The van der Waals surface area contributed by atoms with Crippen molar-refractivity contribution in [3.63, 3.8) is 0 Å². The van der Waals surface area contributed by atoms with Gasteiger partial charge in [-0.2, -0.15) is 0 Å². The van der Waals surface area contributed by atoms with Gasteiger partial charge in [0, 0.05) is 24.9 Å². The second-order valence-corrected chi connectivity index (χ2v) is 3.70. The topological polar surface area (TPSA) is 56.7 Å². The Labute approximate surface area is 98.0 Å². The zero-order valence-electron chi connectivity index (χ0n) is 8.84. The zero-order valence-corrected chi connectivity index (χ0v) is 8.84. The average Bonchev–Trinajstić information content (AvgIpc) is 2.75. The quantitative estimate of drug-likeness (QED) is 0.653. The Morgan fingerprint density at radius 2 is 2.18 bits per heavy atom. The van der Waals surface area contributed by atoms with Crippen LogP contribution in [0.4, 0.5) is 10.1 Å². The molecule has 0 amide bonds. The Balaban J connectivity index is 0.00000120. The predicted octanol–water partition coefficient (Wildman–Crippen LogP) is 2.39. The Morgan fingerprint density at radius 1 is 1.29 bits per heavy atom. The summed E-state index contributed by atoms with van der Waals surface area (Å²) in [4.78, 5) is 4.09. The number of hydrogen-bond donors (Lipinski definition) is 1. The number of pyridine rings is 1. The van der Waals surface area contributed by atoms with Crippen LogP contribution in [-0.4, -0.2) is 14.8 Å². The highest BCUT2D eigenvalue weighted by atomic mass is 19.1. The Bertz CT molecular complexity index is 662. The van der Waals surface area contributed by atoms with Crippen LogP contribution in [0.15, 0.2) is 42.7 Å². The molecule has 17 heavy (non-hydrogen) atoms. The molecule has 0 aliphatic heterocycles. The van der Waals surface area contributed by atoms with E-state index in [1.807, 2.05) is 12.1 Å². The van der Waals surface area contributed by atoms with Crippen molar-refractivity contribution in [2.75, 3.05) is 5.73 Å². The third-order valence-electron chi connectivity index (χ3n) is 2.50. The first-order valence-electron chi connectivity index (χ1n) is 5.10. The van der Waals surface area contributed by atoms with E-state index in [1.165, 1.54) is 16.8 Å². The summed E-state index contributed by atoms with van der Waals surface area (Å²) in [6.45, 7) is 0. The standard InChI is InChI=1S/C12H9FN4.H2/c13-10-4-3-9(14)6-11(10)17-7-8-2-1-5-15-12(8)16-17;/h1-7H,14H2;1H. The van der Waals surface area contributed by atoms with Crippen molar-refractivity contribution in [1.29, 1.82) is 0 Å². The second kappa shape index (κ2) is 3.55. The molecule has 86 valence electrons. The van der Waals surface area contributed by atoms with E-state index in [9.17, 15) is 4.39 Å². The van der Waals surface area contributed by atoms with Crippen molar-refractivity contribution in [3.05, 3.63) is 48.5 Å². The van der Waals surface area contributed by atoms with Crippen LogP contribution in [-0.2, 0) is 0 Å². The Morgan fingerprint density at radius 3 is 3.00 bits per heavy atom. The molecule has 0 saturated heterocycles. The van der Waals surface area contributed by atoms with Gasteiger partial charge in [0.1, 0.15) is 11.5 Å². The molecule has 0 unspecified atom stereocenters. The van der Waals surface area contributed by atoms with Crippen LogP contribution in [0.2, 0.25) is 0 Å². The number of nitrogens with two attached hydrogens (primary N) is 1.